The number of nitrogens with zero attached hydrogens (tertiary/aromatic N) is 2. The number of carbonyl (C=O) groups is 3. The fraction of sp³-hybridized carbons (Fsp3) is 0.769. The number of carboxylic acids is 2. The number of carbonyl (C=O) groups excluding carboxylic acids is 1. The molecule has 8 nitrogen and oxygen atoms in total. The number of hydrogen-bond acceptors (Lipinski definition) is 4. The van der Waals surface area contributed by atoms with Crippen LogP contribution in [0.25, 0.3) is 0 Å². The lowest BCUT2D eigenvalue weighted by Gasteiger charge is -2.30. The van der Waals surface area contributed by atoms with Crippen molar-refractivity contribution >= 4 is 18.0 Å². The highest BCUT2D eigenvalue weighted by molar-refractivity contribution is 5.84. The molecule has 2 amide bonds. The summed E-state index contributed by atoms with van der Waals surface area (Å²) in [4.78, 5) is 36.3. The Bertz CT molecular complexity index is 366. The van der Waals surface area contributed by atoms with E-state index in [1.54, 1.807) is 0 Å². The Hall–Kier alpha value is -1.83. The number of amides is 2. The van der Waals surface area contributed by atoms with Crippen LogP contribution in [0, 0.1) is 0 Å². The van der Waals surface area contributed by atoms with Gasteiger partial charge in [0.05, 0.1) is 0 Å². The van der Waals surface area contributed by atoms with Crippen molar-refractivity contribution in [3.05, 3.63) is 0 Å². The summed E-state index contributed by atoms with van der Waals surface area (Å²) < 4.78 is 0. The summed E-state index contributed by atoms with van der Waals surface area (Å²) in [6, 6.07) is -0.829. The highest BCUT2D eigenvalue weighted by atomic mass is 16.4. The monoisotopic (exact) mass is 301 g/mol. The van der Waals surface area contributed by atoms with Gasteiger partial charge in [0, 0.05) is 12.6 Å². The first-order valence-corrected chi connectivity index (χ1v) is 7.10. The predicted molar refractivity (Wildman–Crippen MR) is 75.1 cm³/mol. The molecule has 0 spiro atoms. The molecule has 1 unspecified atom stereocenters. The molecular weight excluding hydrogens is 278 g/mol. The fourth-order valence-electron chi connectivity index (χ4n) is 2.40. The van der Waals surface area contributed by atoms with Gasteiger partial charge in [0.2, 0.25) is 0 Å². The maximum absolute atomic E-state index is 11.9. The second-order valence-corrected chi connectivity index (χ2v) is 5.36. The normalized spacial score (nSPS) is 17.0. The molecule has 1 aliphatic heterocycles. The smallest absolute Gasteiger partial charge is 0.323 e. The minimum atomic E-state index is -1.24. The van der Waals surface area contributed by atoms with Crippen molar-refractivity contribution in [1.82, 2.24) is 15.1 Å². The van der Waals surface area contributed by atoms with Gasteiger partial charge in [0.25, 0.3) is 0 Å². The minimum Gasteiger partial charge on any atom is -0.480 e. The molecule has 0 bridgehead atoms. The average Bonchev–Trinajstić information content (AvgIpc) is 2.37. The number of nitrogens with one attached hydrogen (secondary N) is 1. The van der Waals surface area contributed by atoms with E-state index >= 15 is 0 Å². The van der Waals surface area contributed by atoms with Gasteiger partial charge in [0.1, 0.15) is 13.1 Å². The average molecular weight is 301 g/mol. The molecule has 1 saturated heterocycles. The number of piperidine rings is 1. The third-order valence-electron chi connectivity index (χ3n) is 3.29. The minimum absolute atomic E-state index is 0.166. The second-order valence-electron chi connectivity index (χ2n) is 5.36. The van der Waals surface area contributed by atoms with Crippen molar-refractivity contribution in [1.29, 1.82) is 0 Å². The molecule has 0 aromatic carbocycles. The van der Waals surface area contributed by atoms with E-state index in [2.05, 4.69) is 10.2 Å². The summed E-state index contributed by atoms with van der Waals surface area (Å²) in [5.74, 6) is -2.48. The van der Waals surface area contributed by atoms with Crippen molar-refractivity contribution in [2.45, 2.75) is 32.2 Å². The van der Waals surface area contributed by atoms with Crippen molar-refractivity contribution in [3.8, 4) is 0 Å². The maximum Gasteiger partial charge on any atom is 0.323 e. The van der Waals surface area contributed by atoms with Crippen LogP contribution in [0.5, 0.6) is 0 Å². The van der Waals surface area contributed by atoms with Crippen LogP contribution in [-0.4, -0.2) is 76.7 Å². The van der Waals surface area contributed by atoms with Crippen LogP contribution in [0.4, 0.5) is 4.79 Å². The zero-order chi connectivity index (χ0) is 15.8. The number of carboxylic acid groups (broad SMARTS) is 2. The van der Waals surface area contributed by atoms with E-state index in [1.165, 1.54) is 6.42 Å². The Morgan fingerprint density at radius 2 is 1.62 bits per heavy atom. The first kappa shape index (κ1) is 17.2. The Kier molecular flexibility index (Phi) is 6.93. The summed E-state index contributed by atoms with van der Waals surface area (Å²) in [6.07, 6.45) is 3.51. The molecule has 0 radical (unpaired) electrons. The van der Waals surface area contributed by atoms with E-state index in [0.29, 0.717) is 6.54 Å². The molecule has 1 atom stereocenters. The highest BCUT2D eigenvalue weighted by Crippen LogP contribution is 2.08. The summed E-state index contributed by atoms with van der Waals surface area (Å²) in [5.41, 5.74) is 0. The van der Waals surface area contributed by atoms with E-state index in [1.807, 2.05) is 6.92 Å². The van der Waals surface area contributed by atoms with Crippen LogP contribution in [0.15, 0.2) is 0 Å². The van der Waals surface area contributed by atoms with Crippen molar-refractivity contribution < 1.29 is 24.6 Å². The van der Waals surface area contributed by atoms with E-state index in [9.17, 15) is 14.4 Å². The van der Waals surface area contributed by atoms with Crippen LogP contribution in [0.1, 0.15) is 26.2 Å². The van der Waals surface area contributed by atoms with Gasteiger partial charge in [-0.1, -0.05) is 6.42 Å². The Morgan fingerprint density at radius 1 is 1.10 bits per heavy atom. The van der Waals surface area contributed by atoms with E-state index in [4.69, 9.17) is 10.2 Å². The molecule has 0 aromatic rings. The first-order chi connectivity index (χ1) is 9.88. The zero-order valence-electron chi connectivity index (χ0n) is 12.2. The van der Waals surface area contributed by atoms with Crippen molar-refractivity contribution in [2.24, 2.45) is 0 Å². The molecule has 0 aliphatic carbocycles. The number of aliphatic carboxylic acids is 2. The van der Waals surface area contributed by atoms with Gasteiger partial charge in [-0.25, -0.2) is 4.79 Å². The molecule has 21 heavy (non-hydrogen) atoms. The third kappa shape index (κ3) is 6.94. The van der Waals surface area contributed by atoms with Gasteiger partial charge in [-0.2, -0.15) is 0 Å². The van der Waals surface area contributed by atoms with Gasteiger partial charge < -0.3 is 25.3 Å². The van der Waals surface area contributed by atoms with Gasteiger partial charge in [0.15, 0.2) is 0 Å². The van der Waals surface area contributed by atoms with Gasteiger partial charge >= 0.3 is 18.0 Å². The Balaban J connectivity index is 2.46. The van der Waals surface area contributed by atoms with Crippen LogP contribution in [-0.2, 0) is 9.59 Å². The topological polar surface area (TPSA) is 110 Å². The van der Waals surface area contributed by atoms with Crippen LogP contribution in [0.3, 0.4) is 0 Å². The third-order valence-corrected chi connectivity index (χ3v) is 3.29. The largest absolute Gasteiger partial charge is 0.480 e. The molecule has 120 valence electrons. The van der Waals surface area contributed by atoms with Crippen LogP contribution in [0.2, 0.25) is 0 Å². The van der Waals surface area contributed by atoms with Crippen LogP contribution < -0.4 is 5.32 Å². The SMILES string of the molecule is CC(CN1CCCCC1)NC(=O)N(CC(=O)O)CC(=O)O. The standard InChI is InChI=1S/C13H23N3O5/c1-10(7-15-5-3-2-4-6-15)14-13(21)16(8-11(17)18)9-12(19)20/h10H,2-9H2,1H3,(H,14,21)(H,17,18)(H,19,20). The number of likely N-dealkylation sites (tertiary alicyclic amines) is 1. The summed E-state index contributed by atoms with van der Waals surface area (Å²) in [7, 11) is 0. The van der Waals surface area contributed by atoms with E-state index in [-0.39, 0.29) is 6.04 Å². The molecule has 1 rings (SSSR count). The lowest BCUT2D eigenvalue weighted by molar-refractivity contribution is -0.140. The molecule has 0 aromatic heterocycles. The molecule has 8 heteroatoms. The van der Waals surface area contributed by atoms with Crippen molar-refractivity contribution in [2.75, 3.05) is 32.7 Å². The summed E-state index contributed by atoms with van der Waals surface area (Å²) in [5, 5.41) is 20.1. The molecule has 3 N–H and O–H groups in total. The number of urea groups is 1. The second kappa shape index (κ2) is 8.46. The van der Waals surface area contributed by atoms with Crippen molar-refractivity contribution in [3.63, 3.8) is 0 Å². The lowest BCUT2D eigenvalue weighted by Crippen LogP contribution is -2.51. The number of rotatable bonds is 7. The number of hydrogen-bond donors (Lipinski definition) is 3. The van der Waals surface area contributed by atoms with Gasteiger partial charge in [-0.05, 0) is 32.9 Å². The maximum atomic E-state index is 11.9. The van der Waals surface area contributed by atoms with Gasteiger partial charge in [-0.15, -0.1) is 0 Å². The zero-order valence-corrected chi connectivity index (χ0v) is 12.2. The first-order valence-electron chi connectivity index (χ1n) is 7.10. The van der Waals surface area contributed by atoms with Gasteiger partial charge in [-0.3, -0.25) is 9.59 Å². The molecule has 0 saturated carbocycles. The Labute approximate surface area is 123 Å². The lowest BCUT2D eigenvalue weighted by atomic mass is 10.1. The Morgan fingerprint density at radius 3 is 2.10 bits per heavy atom. The molecule has 1 heterocycles. The fourth-order valence-corrected chi connectivity index (χ4v) is 2.40. The predicted octanol–water partition coefficient (Wildman–Crippen LogP) is 0.0416. The molecule has 1 fully saturated rings. The highest BCUT2D eigenvalue weighted by Gasteiger charge is 2.22. The molecule has 1 aliphatic rings. The quantitative estimate of drug-likeness (QED) is 0.612. The summed E-state index contributed by atoms with van der Waals surface area (Å²) in [6.45, 7) is 3.23. The van der Waals surface area contributed by atoms with E-state index in [0.717, 1.165) is 30.8 Å². The van der Waals surface area contributed by atoms with E-state index < -0.39 is 31.1 Å². The van der Waals surface area contributed by atoms with Crippen LogP contribution >= 0.6 is 0 Å². The molecular formula is C13H23N3O5. The summed E-state index contributed by atoms with van der Waals surface area (Å²) >= 11 is 0.